The molecule has 0 radical (unpaired) electrons. The minimum atomic E-state index is 0.874. The molecule has 1 aliphatic heterocycles. The lowest BCUT2D eigenvalue weighted by atomic mass is 10.1. The SMILES string of the molecule is C1=c2ccc3cc4[nH]ccc4nc3c2=NCC1. The Labute approximate surface area is 97.5 Å². The lowest BCUT2D eigenvalue weighted by Gasteiger charge is -2.03. The molecule has 82 valence electrons. The first kappa shape index (κ1) is 8.93. The number of aromatic amines is 1. The van der Waals surface area contributed by atoms with Crippen molar-refractivity contribution in [3.05, 3.63) is 41.0 Å². The van der Waals surface area contributed by atoms with Gasteiger partial charge in [0.2, 0.25) is 0 Å². The Bertz CT molecular complexity index is 843. The normalized spacial score (nSPS) is 14.4. The van der Waals surface area contributed by atoms with E-state index in [1.165, 1.54) is 5.22 Å². The molecule has 3 nitrogen and oxygen atoms in total. The van der Waals surface area contributed by atoms with Gasteiger partial charge >= 0.3 is 0 Å². The van der Waals surface area contributed by atoms with Crippen LogP contribution in [0, 0.1) is 0 Å². The third-order valence-electron chi connectivity index (χ3n) is 3.26. The predicted molar refractivity (Wildman–Crippen MR) is 68.3 cm³/mol. The summed E-state index contributed by atoms with van der Waals surface area (Å²) in [4.78, 5) is 12.5. The zero-order chi connectivity index (χ0) is 11.2. The topological polar surface area (TPSA) is 41.0 Å². The molecule has 0 atom stereocenters. The van der Waals surface area contributed by atoms with Gasteiger partial charge in [0.15, 0.2) is 0 Å². The first-order valence-corrected chi connectivity index (χ1v) is 5.83. The molecule has 3 aromatic rings. The maximum absolute atomic E-state index is 4.71. The maximum Gasteiger partial charge on any atom is 0.0968 e. The Kier molecular flexibility index (Phi) is 1.66. The first-order valence-electron chi connectivity index (χ1n) is 5.83. The molecule has 3 heteroatoms. The Balaban J connectivity index is 2.30. The van der Waals surface area contributed by atoms with Gasteiger partial charge in [-0.2, -0.15) is 0 Å². The molecule has 3 heterocycles. The van der Waals surface area contributed by atoms with Crippen LogP contribution in [0.4, 0.5) is 0 Å². The van der Waals surface area contributed by atoms with Gasteiger partial charge in [0.25, 0.3) is 0 Å². The van der Waals surface area contributed by atoms with E-state index in [4.69, 9.17) is 4.98 Å². The molecule has 2 aromatic heterocycles. The maximum atomic E-state index is 4.71. The molecule has 0 unspecified atom stereocenters. The number of fused-ring (bicyclic) bond motifs is 4. The number of aromatic nitrogens is 2. The predicted octanol–water partition coefficient (Wildman–Crippen LogP) is 1.52. The molecule has 1 aromatic carbocycles. The van der Waals surface area contributed by atoms with Crippen LogP contribution in [0.5, 0.6) is 0 Å². The van der Waals surface area contributed by atoms with Crippen LogP contribution in [-0.4, -0.2) is 16.5 Å². The summed E-state index contributed by atoms with van der Waals surface area (Å²) in [5.74, 6) is 0. The third kappa shape index (κ3) is 1.22. The van der Waals surface area contributed by atoms with Crippen molar-refractivity contribution < 1.29 is 0 Å². The van der Waals surface area contributed by atoms with Crippen molar-refractivity contribution in [2.75, 3.05) is 6.54 Å². The van der Waals surface area contributed by atoms with Crippen LogP contribution in [-0.2, 0) is 0 Å². The van der Waals surface area contributed by atoms with E-state index in [0.29, 0.717) is 0 Å². The minimum absolute atomic E-state index is 0.874. The second-order valence-electron chi connectivity index (χ2n) is 4.35. The molecule has 17 heavy (non-hydrogen) atoms. The summed E-state index contributed by atoms with van der Waals surface area (Å²) in [6.45, 7) is 0.874. The van der Waals surface area contributed by atoms with Gasteiger partial charge in [0.1, 0.15) is 0 Å². The van der Waals surface area contributed by atoms with Crippen molar-refractivity contribution in [3.8, 4) is 0 Å². The lowest BCUT2D eigenvalue weighted by molar-refractivity contribution is 0.965. The molecule has 4 rings (SSSR count). The van der Waals surface area contributed by atoms with Crippen LogP contribution in [0.3, 0.4) is 0 Å². The Hall–Kier alpha value is -2.16. The molecular formula is C14H11N3. The number of hydrogen-bond donors (Lipinski definition) is 1. The van der Waals surface area contributed by atoms with Gasteiger partial charge in [-0.25, -0.2) is 4.98 Å². The van der Waals surface area contributed by atoms with Crippen molar-refractivity contribution >= 4 is 28.0 Å². The average molecular weight is 221 g/mol. The van der Waals surface area contributed by atoms with Crippen molar-refractivity contribution in [1.29, 1.82) is 0 Å². The van der Waals surface area contributed by atoms with Gasteiger partial charge in [-0.3, -0.25) is 4.99 Å². The van der Waals surface area contributed by atoms with Crippen LogP contribution in [0.2, 0.25) is 0 Å². The van der Waals surface area contributed by atoms with Crippen LogP contribution in [0.25, 0.3) is 28.0 Å². The van der Waals surface area contributed by atoms with Gasteiger partial charge < -0.3 is 4.98 Å². The Morgan fingerprint density at radius 2 is 2.18 bits per heavy atom. The second-order valence-corrected chi connectivity index (χ2v) is 4.35. The van der Waals surface area contributed by atoms with Crippen molar-refractivity contribution in [2.45, 2.75) is 6.42 Å². The standard InChI is InChI=1S/C14H11N3/c1-2-9-3-4-10-8-12-11(5-7-15-12)17-14(10)13(9)16-6-1/h2-5,7-8,15H,1,6H2. The fourth-order valence-electron chi connectivity index (χ4n) is 2.44. The third-order valence-corrected chi connectivity index (χ3v) is 3.26. The number of benzene rings is 1. The van der Waals surface area contributed by atoms with Crippen molar-refractivity contribution in [3.63, 3.8) is 0 Å². The summed E-state index contributed by atoms with van der Waals surface area (Å²) in [5.41, 5.74) is 3.11. The Morgan fingerprint density at radius 1 is 1.18 bits per heavy atom. The largest absolute Gasteiger partial charge is 0.360 e. The molecule has 0 spiro atoms. The van der Waals surface area contributed by atoms with Gasteiger partial charge in [0.05, 0.1) is 21.9 Å². The number of nitrogens with one attached hydrogen (secondary N) is 1. The molecule has 0 saturated carbocycles. The van der Waals surface area contributed by atoms with E-state index in [1.54, 1.807) is 0 Å². The second kappa shape index (κ2) is 3.17. The van der Waals surface area contributed by atoms with Crippen LogP contribution >= 0.6 is 0 Å². The highest BCUT2D eigenvalue weighted by Crippen LogP contribution is 2.15. The molecule has 1 aliphatic rings. The summed E-state index contributed by atoms with van der Waals surface area (Å²) in [6.07, 6.45) is 5.20. The van der Waals surface area contributed by atoms with Crippen LogP contribution in [0.15, 0.2) is 35.5 Å². The minimum Gasteiger partial charge on any atom is -0.360 e. The van der Waals surface area contributed by atoms with E-state index in [0.717, 1.165) is 40.3 Å². The van der Waals surface area contributed by atoms with Crippen molar-refractivity contribution in [1.82, 2.24) is 9.97 Å². The number of rotatable bonds is 0. The summed E-state index contributed by atoms with van der Waals surface area (Å²) >= 11 is 0. The monoisotopic (exact) mass is 221 g/mol. The lowest BCUT2D eigenvalue weighted by Crippen LogP contribution is -2.29. The summed E-state index contributed by atoms with van der Waals surface area (Å²) < 4.78 is 0. The van der Waals surface area contributed by atoms with E-state index in [2.05, 4.69) is 34.3 Å². The van der Waals surface area contributed by atoms with Crippen LogP contribution < -0.4 is 10.6 Å². The molecule has 1 N–H and O–H groups in total. The Morgan fingerprint density at radius 3 is 3.18 bits per heavy atom. The van der Waals surface area contributed by atoms with E-state index < -0.39 is 0 Å². The number of hydrogen-bond acceptors (Lipinski definition) is 2. The molecular weight excluding hydrogens is 210 g/mol. The smallest absolute Gasteiger partial charge is 0.0968 e. The van der Waals surface area contributed by atoms with Crippen LogP contribution in [0.1, 0.15) is 6.42 Å². The fraction of sp³-hybridized carbons (Fsp3) is 0.143. The summed E-state index contributed by atoms with van der Waals surface area (Å²) in [5, 5.41) is 3.42. The van der Waals surface area contributed by atoms with Gasteiger partial charge in [-0.15, -0.1) is 0 Å². The molecule has 0 bridgehead atoms. The van der Waals surface area contributed by atoms with Crippen molar-refractivity contribution in [2.24, 2.45) is 4.99 Å². The van der Waals surface area contributed by atoms with E-state index >= 15 is 0 Å². The average Bonchev–Trinajstić information content (AvgIpc) is 2.83. The van der Waals surface area contributed by atoms with Gasteiger partial charge in [0, 0.05) is 18.1 Å². The van der Waals surface area contributed by atoms with E-state index in [9.17, 15) is 0 Å². The number of H-pyrrole nitrogens is 1. The van der Waals surface area contributed by atoms with E-state index in [1.807, 2.05) is 12.3 Å². The number of nitrogens with zero attached hydrogens (tertiary/aromatic N) is 2. The molecule has 0 fully saturated rings. The number of pyridine rings is 1. The fourth-order valence-corrected chi connectivity index (χ4v) is 2.44. The zero-order valence-electron chi connectivity index (χ0n) is 9.27. The van der Waals surface area contributed by atoms with Gasteiger partial charge in [-0.05, 0) is 23.8 Å². The highest BCUT2D eigenvalue weighted by Gasteiger charge is 2.04. The molecule has 0 amide bonds. The van der Waals surface area contributed by atoms with Gasteiger partial charge in [-0.1, -0.05) is 18.2 Å². The quantitative estimate of drug-likeness (QED) is 0.614. The summed E-state index contributed by atoms with van der Waals surface area (Å²) in [6, 6.07) is 8.40. The summed E-state index contributed by atoms with van der Waals surface area (Å²) in [7, 11) is 0. The van der Waals surface area contributed by atoms with E-state index in [-0.39, 0.29) is 0 Å². The highest BCUT2D eigenvalue weighted by molar-refractivity contribution is 5.90. The highest BCUT2D eigenvalue weighted by atomic mass is 14.8. The molecule has 0 saturated heterocycles. The molecule has 0 aliphatic carbocycles. The first-order chi connectivity index (χ1) is 8.42. The zero-order valence-corrected chi connectivity index (χ0v) is 9.27.